The van der Waals surface area contributed by atoms with Gasteiger partial charge in [0.2, 0.25) is 0 Å². The van der Waals surface area contributed by atoms with Crippen molar-refractivity contribution in [2.45, 2.75) is 0 Å². The molecule has 0 aromatic heterocycles. The van der Waals surface area contributed by atoms with Gasteiger partial charge in [0.25, 0.3) is 0 Å². The summed E-state index contributed by atoms with van der Waals surface area (Å²) in [6.45, 7) is 0. The summed E-state index contributed by atoms with van der Waals surface area (Å²) >= 11 is 5.67. The van der Waals surface area contributed by atoms with E-state index in [0.717, 1.165) is 6.07 Å². The molecule has 17 heavy (non-hydrogen) atoms. The Morgan fingerprint density at radius 2 is 1.65 bits per heavy atom. The van der Waals surface area contributed by atoms with Crippen LogP contribution in [0.25, 0.3) is 0 Å². The Balaban J connectivity index is 2.44. The molecule has 1 nitrogen and oxygen atoms in total. The van der Waals surface area contributed by atoms with Gasteiger partial charge in [-0.05, 0) is 36.4 Å². The second-order valence-corrected chi connectivity index (χ2v) is 3.87. The fourth-order valence-corrected chi connectivity index (χ4v) is 1.56. The molecule has 4 heteroatoms. The van der Waals surface area contributed by atoms with Crippen LogP contribution in [0.4, 0.5) is 8.78 Å². The predicted octanol–water partition coefficient (Wildman–Crippen LogP) is 3.85. The molecule has 0 atom stereocenters. The summed E-state index contributed by atoms with van der Waals surface area (Å²) in [6, 6.07) is 9.48. The molecule has 2 rings (SSSR count). The Hall–Kier alpha value is -1.74. The van der Waals surface area contributed by atoms with Gasteiger partial charge in [-0.1, -0.05) is 17.7 Å². The van der Waals surface area contributed by atoms with E-state index in [1.165, 1.54) is 36.4 Å². The van der Waals surface area contributed by atoms with Crippen molar-refractivity contribution in [3.05, 3.63) is 70.2 Å². The van der Waals surface area contributed by atoms with Gasteiger partial charge in [-0.25, -0.2) is 8.78 Å². The normalized spacial score (nSPS) is 10.3. The molecular weight excluding hydrogens is 246 g/mol. The largest absolute Gasteiger partial charge is 0.288 e. The number of carbonyl (C=O) groups excluding carboxylic acids is 1. The number of hydrogen-bond acceptors (Lipinski definition) is 1. The fraction of sp³-hybridized carbons (Fsp3) is 0. The Kier molecular flexibility index (Phi) is 3.20. The van der Waals surface area contributed by atoms with Gasteiger partial charge in [0.1, 0.15) is 0 Å². The van der Waals surface area contributed by atoms with Crippen molar-refractivity contribution in [3.63, 3.8) is 0 Å². The van der Waals surface area contributed by atoms with E-state index in [0.29, 0.717) is 5.02 Å². The zero-order chi connectivity index (χ0) is 12.4. The van der Waals surface area contributed by atoms with Gasteiger partial charge < -0.3 is 0 Å². The highest BCUT2D eigenvalue weighted by Gasteiger charge is 2.16. The van der Waals surface area contributed by atoms with Crippen molar-refractivity contribution in [2.24, 2.45) is 0 Å². The van der Waals surface area contributed by atoms with E-state index in [2.05, 4.69) is 0 Å². The van der Waals surface area contributed by atoms with Crippen LogP contribution in [0.1, 0.15) is 15.9 Å². The van der Waals surface area contributed by atoms with E-state index in [4.69, 9.17) is 11.6 Å². The van der Waals surface area contributed by atoms with Crippen LogP contribution in [0.5, 0.6) is 0 Å². The molecule has 0 unspecified atom stereocenters. The van der Waals surface area contributed by atoms with Gasteiger partial charge in [-0.3, -0.25) is 4.79 Å². The van der Waals surface area contributed by atoms with Crippen LogP contribution in [0.2, 0.25) is 5.02 Å². The lowest BCUT2D eigenvalue weighted by Crippen LogP contribution is -2.05. The van der Waals surface area contributed by atoms with Crippen LogP contribution in [0.3, 0.4) is 0 Å². The maximum Gasteiger partial charge on any atom is 0.196 e. The number of halogens is 3. The smallest absolute Gasteiger partial charge is 0.196 e. The van der Waals surface area contributed by atoms with Crippen LogP contribution < -0.4 is 0 Å². The molecule has 0 saturated heterocycles. The van der Waals surface area contributed by atoms with Gasteiger partial charge in [0, 0.05) is 10.6 Å². The molecule has 0 bridgehead atoms. The average Bonchev–Trinajstić information content (AvgIpc) is 2.33. The minimum atomic E-state index is -1.13. The van der Waals surface area contributed by atoms with Gasteiger partial charge >= 0.3 is 0 Å². The monoisotopic (exact) mass is 252 g/mol. The summed E-state index contributed by atoms with van der Waals surface area (Å²) < 4.78 is 26.4. The molecule has 86 valence electrons. The first kappa shape index (κ1) is 11.7. The SMILES string of the molecule is O=C(c1ccc(Cl)cc1)c1cccc(F)c1F. The Morgan fingerprint density at radius 1 is 1.00 bits per heavy atom. The number of ketones is 1. The summed E-state index contributed by atoms with van der Waals surface area (Å²) in [5.41, 5.74) is -0.0220. The van der Waals surface area contributed by atoms with Crippen molar-refractivity contribution in [3.8, 4) is 0 Å². The molecule has 0 N–H and O–H groups in total. The third-order valence-corrected chi connectivity index (χ3v) is 2.55. The average molecular weight is 253 g/mol. The molecule has 0 heterocycles. The second kappa shape index (κ2) is 4.63. The highest BCUT2D eigenvalue weighted by atomic mass is 35.5. The zero-order valence-electron chi connectivity index (χ0n) is 8.58. The third-order valence-electron chi connectivity index (χ3n) is 2.30. The first-order valence-corrected chi connectivity index (χ1v) is 5.21. The predicted molar refractivity (Wildman–Crippen MR) is 61.2 cm³/mol. The number of hydrogen-bond donors (Lipinski definition) is 0. The molecule has 0 amide bonds. The molecule has 0 aliphatic heterocycles. The van der Waals surface area contributed by atoms with E-state index in [9.17, 15) is 13.6 Å². The van der Waals surface area contributed by atoms with Gasteiger partial charge in [-0.2, -0.15) is 0 Å². The first-order valence-electron chi connectivity index (χ1n) is 4.84. The van der Waals surface area contributed by atoms with Gasteiger partial charge in [0.05, 0.1) is 5.56 Å². The lowest BCUT2D eigenvalue weighted by atomic mass is 10.0. The van der Waals surface area contributed by atoms with Crippen molar-refractivity contribution >= 4 is 17.4 Å². The number of carbonyl (C=O) groups is 1. The first-order chi connectivity index (χ1) is 8.09. The van der Waals surface area contributed by atoms with Crippen molar-refractivity contribution in [1.82, 2.24) is 0 Å². The second-order valence-electron chi connectivity index (χ2n) is 3.44. The van der Waals surface area contributed by atoms with E-state index in [1.807, 2.05) is 0 Å². The third kappa shape index (κ3) is 2.34. The zero-order valence-corrected chi connectivity index (χ0v) is 9.34. The van der Waals surface area contributed by atoms with Gasteiger partial charge in [-0.15, -0.1) is 0 Å². The topological polar surface area (TPSA) is 17.1 Å². The maximum atomic E-state index is 13.4. The lowest BCUT2D eigenvalue weighted by Gasteiger charge is -2.03. The summed E-state index contributed by atoms with van der Waals surface area (Å²) in [6.07, 6.45) is 0. The van der Waals surface area contributed by atoms with Gasteiger partial charge in [0.15, 0.2) is 17.4 Å². The van der Waals surface area contributed by atoms with Crippen LogP contribution >= 0.6 is 11.6 Å². The minimum absolute atomic E-state index is 0.263. The molecule has 0 radical (unpaired) electrons. The van der Waals surface area contributed by atoms with Crippen LogP contribution in [-0.4, -0.2) is 5.78 Å². The molecule has 0 aliphatic carbocycles. The Labute approximate surface area is 102 Å². The van der Waals surface area contributed by atoms with Crippen molar-refractivity contribution < 1.29 is 13.6 Å². The number of rotatable bonds is 2. The molecule has 0 aliphatic rings. The fourth-order valence-electron chi connectivity index (χ4n) is 1.44. The quantitative estimate of drug-likeness (QED) is 0.742. The lowest BCUT2D eigenvalue weighted by molar-refractivity contribution is 0.103. The summed E-state index contributed by atoms with van der Waals surface area (Å²) in [7, 11) is 0. The summed E-state index contributed by atoms with van der Waals surface area (Å²) in [4.78, 5) is 11.9. The highest BCUT2D eigenvalue weighted by molar-refractivity contribution is 6.30. The van der Waals surface area contributed by atoms with Crippen LogP contribution in [0, 0.1) is 11.6 Å². The number of benzene rings is 2. The van der Waals surface area contributed by atoms with Crippen molar-refractivity contribution in [1.29, 1.82) is 0 Å². The molecule has 0 saturated carbocycles. The molecule has 2 aromatic carbocycles. The molecule has 0 spiro atoms. The minimum Gasteiger partial charge on any atom is -0.288 e. The summed E-state index contributed by atoms with van der Waals surface area (Å²) in [5.74, 6) is -2.74. The van der Waals surface area contributed by atoms with E-state index >= 15 is 0 Å². The Morgan fingerprint density at radius 3 is 2.29 bits per heavy atom. The van der Waals surface area contributed by atoms with E-state index < -0.39 is 17.4 Å². The Bertz CT molecular complexity index is 564. The molecular formula is C13H7ClF2O. The van der Waals surface area contributed by atoms with E-state index in [-0.39, 0.29) is 11.1 Å². The maximum absolute atomic E-state index is 13.4. The molecule has 2 aromatic rings. The standard InChI is InChI=1S/C13H7ClF2O/c14-9-6-4-8(5-7-9)13(17)10-2-1-3-11(15)12(10)16/h1-7H. The van der Waals surface area contributed by atoms with Crippen LogP contribution in [-0.2, 0) is 0 Å². The van der Waals surface area contributed by atoms with Crippen LogP contribution in [0.15, 0.2) is 42.5 Å². The molecule has 0 fully saturated rings. The van der Waals surface area contributed by atoms with Crippen molar-refractivity contribution in [2.75, 3.05) is 0 Å². The summed E-state index contributed by atoms with van der Waals surface area (Å²) in [5, 5.41) is 0.473. The van der Waals surface area contributed by atoms with E-state index in [1.54, 1.807) is 0 Å². The highest BCUT2D eigenvalue weighted by Crippen LogP contribution is 2.17.